The van der Waals surface area contributed by atoms with E-state index in [0.29, 0.717) is 23.8 Å². The van der Waals surface area contributed by atoms with Gasteiger partial charge in [0.25, 0.3) is 5.91 Å². The second-order valence-electron chi connectivity index (χ2n) is 4.96. The largest absolute Gasteiger partial charge is 0.361 e. The van der Waals surface area contributed by atoms with E-state index >= 15 is 0 Å². The lowest BCUT2D eigenvalue weighted by atomic mass is 10.2. The van der Waals surface area contributed by atoms with Gasteiger partial charge in [-0.15, -0.1) is 0 Å². The smallest absolute Gasteiger partial charge is 0.251 e. The molecule has 3 N–H and O–H groups in total. The normalized spacial score (nSPS) is 10.0. The van der Waals surface area contributed by atoms with E-state index in [0.717, 1.165) is 11.3 Å². The molecule has 2 rings (SSSR count). The van der Waals surface area contributed by atoms with Gasteiger partial charge in [-0.3, -0.25) is 4.79 Å². The zero-order valence-electron chi connectivity index (χ0n) is 12.7. The van der Waals surface area contributed by atoms with Crippen molar-refractivity contribution in [1.82, 2.24) is 10.6 Å². The summed E-state index contributed by atoms with van der Waals surface area (Å²) in [6.07, 6.45) is 0. The number of halogens is 1. The summed E-state index contributed by atoms with van der Waals surface area (Å²) in [7, 11) is 0. The number of hydrogen-bond acceptors (Lipinski definition) is 2. The number of carbonyl (C=O) groups excluding carboxylic acids is 1. The highest BCUT2D eigenvalue weighted by atomic mass is 32.1. The van der Waals surface area contributed by atoms with Gasteiger partial charge < -0.3 is 16.0 Å². The molecule has 4 nitrogen and oxygen atoms in total. The van der Waals surface area contributed by atoms with Crippen LogP contribution in [0.1, 0.15) is 15.9 Å². The van der Waals surface area contributed by atoms with Crippen molar-refractivity contribution in [3.8, 4) is 0 Å². The summed E-state index contributed by atoms with van der Waals surface area (Å²) in [4.78, 5) is 11.8. The molecule has 0 aliphatic heterocycles. The molecule has 0 atom stereocenters. The molecule has 0 aliphatic rings. The molecule has 6 heteroatoms. The summed E-state index contributed by atoms with van der Waals surface area (Å²) < 4.78 is 12.8. The van der Waals surface area contributed by atoms with Gasteiger partial charge in [0.05, 0.1) is 0 Å². The molecule has 2 aromatic carbocycles. The molecule has 0 saturated heterocycles. The summed E-state index contributed by atoms with van der Waals surface area (Å²) >= 11 is 5.21. The van der Waals surface area contributed by atoms with Crippen LogP contribution in [0.5, 0.6) is 0 Å². The van der Waals surface area contributed by atoms with Crippen LogP contribution in [0.25, 0.3) is 0 Å². The number of rotatable bonds is 5. The molecule has 0 aromatic heterocycles. The fourth-order valence-corrected chi connectivity index (χ4v) is 2.15. The summed E-state index contributed by atoms with van der Waals surface area (Å²) in [6.45, 7) is 2.89. The first-order chi connectivity index (χ1) is 11.1. The lowest BCUT2D eigenvalue weighted by molar-refractivity contribution is 0.0954. The SMILES string of the molecule is Cc1ccccc1NC(=S)NCCNC(=O)c1ccc(F)cc1. The van der Waals surface area contributed by atoms with Crippen molar-refractivity contribution in [3.63, 3.8) is 0 Å². The highest BCUT2D eigenvalue weighted by Gasteiger charge is 2.05. The third kappa shape index (κ3) is 5.34. The average molecular weight is 331 g/mol. The Morgan fingerprint density at radius 1 is 1.04 bits per heavy atom. The molecule has 0 unspecified atom stereocenters. The summed E-state index contributed by atoms with van der Waals surface area (Å²) in [5.74, 6) is -0.611. The van der Waals surface area contributed by atoms with Crippen LogP contribution in [-0.4, -0.2) is 24.1 Å². The molecule has 0 aliphatic carbocycles. The molecular formula is C17H18FN3OS. The van der Waals surface area contributed by atoms with Crippen molar-refractivity contribution in [1.29, 1.82) is 0 Å². The van der Waals surface area contributed by atoms with E-state index in [-0.39, 0.29) is 11.7 Å². The highest BCUT2D eigenvalue weighted by Crippen LogP contribution is 2.12. The van der Waals surface area contributed by atoms with Crippen molar-refractivity contribution in [2.45, 2.75) is 6.92 Å². The molecule has 0 bridgehead atoms. The fraction of sp³-hybridized carbons (Fsp3) is 0.176. The second kappa shape index (κ2) is 8.24. The molecule has 120 valence electrons. The Labute approximate surface area is 140 Å². The number of amides is 1. The van der Waals surface area contributed by atoms with E-state index in [1.165, 1.54) is 24.3 Å². The third-order valence-electron chi connectivity index (χ3n) is 3.20. The van der Waals surface area contributed by atoms with Gasteiger partial charge >= 0.3 is 0 Å². The topological polar surface area (TPSA) is 53.2 Å². The lowest BCUT2D eigenvalue weighted by Gasteiger charge is -2.12. The predicted molar refractivity (Wildman–Crippen MR) is 94.1 cm³/mol. The van der Waals surface area contributed by atoms with Crippen molar-refractivity contribution >= 4 is 28.9 Å². The van der Waals surface area contributed by atoms with E-state index in [9.17, 15) is 9.18 Å². The number of hydrogen-bond donors (Lipinski definition) is 3. The van der Waals surface area contributed by atoms with Crippen LogP contribution in [0.4, 0.5) is 10.1 Å². The molecular weight excluding hydrogens is 313 g/mol. The van der Waals surface area contributed by atoms with Gasteiger partial charge in [0.15, 0.2) is 5.11 Å². The van der Waals surface area contributed by atoms with Gasteiger partial charge in [-0.1, -0.05) is 18.2 Å². The Kier molecular flexibility index (Phi) is 6.05. The summed E-state index contributed by atoms with van der Waals surface area (Å²) in [6, 6.07) is 13.2. The number of aryl methyl sites for hydroxylation is 1. The molecule has 0 radical (unpaired) electrons. The summed E-state index contributed by atoms with van der Waals surface area (Å²) in [5, 5.41) is 9.36. The maximum atomic E-state index is 12.8. The monoisotopic (exact) mass is 331 g/mol. The van der Waals surface area contributed by atoms with Gasteiger partial charge in [-0.05, 0) is 55.0 Å². The van der Waals surface area contributed by atoms with Crippen LogP contribution < -0.4 is 16.0 Å². The molecule has 0 saturated carbocycles. The van der Waals surface area contributed by atoms with Crippen molar-refractivity contribution in [2.24, 2.45) is 0 Å². The number of anilines is 1. The van der Waals surface area contributed by atoms with Crippen LogP contribution in [0.15, 0.2) is 48.5 Å². The predicted octanol–water partition coefficient (Wildman–Crippen LogP) is 2.85. The lowest BCUT2D eigenvalue weighted by Crippen LogP contribution is -2.36. The van der Waals surface area contributed by atoms with E-state index in [1.54, 1.807) is 0 Å². The molecule has 2 aromatic rings. The van der Waals surface area contributed by atoms with Crippen LogP contribution in [-0.2, 0) is 0 Å². The molecule has 0 fully saturated rings. The van der Waals surface area contributed by atoms with E-state index in [2.05, 4.69) is 16.0 Å². The summed E-state index contributed by atoms with van der Waals surface area (Å²) in [5.41, 5.74) is 2.47. The zero-order valence-corrected chi connectivity index (χ0v) is 13.5. The minimum Gasteiger partial charge on any atom is -0.361 e. The standard InChI is InChI=1S/C17H18FN3OS/c1-12-4-2-3-5-15(12)21-17(23)20-11-10-19-16(22)13-6-8-14(18)9-7-13/h2-9H,10-11H2,1H3,(H,19,22)(H2,20,21,23). The maximum absolute atomic E-state index is 12.8. The molecule has 0 heterocycles. The Morgan fingerprint density at radius 2 is 1.70 bits per heavy atom. The van der Waals surface area contributed by atoms with Gasteiger partial charge in [0.1, 0.15) is 5.82 Å². The minimum absolute atomic E-state index is 0.246. The number of para-hydroxylation sites is 1. The Hall–Kier alpha value is -2.47. The van der Waals surface area contributed by atoms with Crippen LogP contribution in [0, 0.1) is 12.7 Å². The van der Waals surface area contributed by atoms with Gasteiger partial charge in [0, 0.05) is 24.3 Å². The first kappa shape index (κ1) is 16.9. The number of thiocarbonyl (C=S) groups is 1. The van der Waals surface area contributed by atoms with Gasteiger partial charge in [-0.25, -0.2) is 4.39 Å². The number of carbonyl (C=O) groups is 1. The maximum Gasteiger partial charge on any atom is 0.251 e. The fourth-order valence-electron chi connectivity index (χ4n) is 1.94. The second-order valence-corrected chi connectivity index (χ2v) is 5.37. The average Bonchev–Trinajstić information content (AvgIpc) is 2.54. The number of nitrogens with one attached hydrogen (secondary N) is 3. The highest BCUT2D eigenvalue weighted by molar-refractivity contribution is 7.80. The first-order valence-electron chi connectivity index (χ1n) is 7.20. The quantitative estimate of drug-likeness (QED) is 0.582. The van der Waals surface area contributed by atoms with E-state index < -0.39 is 0 Å². The van der Waals surface area contributed by atoms with Crippen molar-refractivity contribution in [3.05, 3.63) is 65.5 Å². The van der Waals surface area contributed by atoms with Crippen LogP contribution in [0.3, 0.4) is 0 Å². The molecule has 1 amide bonds. The molecule has 0 spiro atoms. The zero-order chi connectivity index (χ0) is 16.7. The Balaban J connectivity index is 1.71. The minimum atomic E-state index is -0.365. The Bertz CT molecular complexity index is 688. The third-order valence-corrected chi connectivity index (χ3v) is 3.44. The Morgan fingerprint density at radius 3 is 2.39 bits per heavy atom. The van der Waals surface area contributed by atoms with E-state index in [1.807, 2.05) is 31.2 Å². The van der Waals surface area contributed by atoms with Crippen molar-refractivity contribution in [2.75, 3.05) is 18.4 Å². The number of benzene rings is 2. The van der Waals surface area contributed by atoms with Crippen LogP contribution in [0.2, 0.25) is 0 Å². The van der Waals surface area contributed by atoms with Gasteiger partial charge in [-0.2, -0.15) is 0 Å². The molecule has 23 heavy (non-hydrogen) atoms. The van der Waals surface area contributed by atoms with E-state index in [4.69, 9.17) is 12.2 Å². The van der Waals surface area contributed by atoms with Gasteiger partial charge in [0.2, 0.25) is 0 Å². The van der Waals surface area contributed by atoms with Crippen LogP contribution >= 0.6 is 12.2 Å². The first-order valence-corrected chi connectivity index (χ1v) is 7.61. The van der Waals surface area contributed by atoms with Crippen molar-refractivity contribution < 1.29 is 9.18 Å².